The average Bonchev–Trinajstić information content (AvgIpc) is 2.36. The van der Waals surface area contributed by atoms with E-state index in [1.807, 2.05) is 0 Å². The van der Waals surface area contributed by atoms with Crippen LogP contribution >= 0.6 is 24.8 Å². The Bertz CT molecular complexity index is 370. The molecule has 0 amide bonds. The Morgan fingerprint density at radius 2 is 1.60 bits per heavy atom. The largest absolute Gasteiger partial charge is 0.314 e. The molecule has 0 unspecified atom stereocenters. The molecule has 116 valence electrons. The summed E-state index contributed by atoms with van der Waals surface area (Å²) in [5.74, 6) is 0. The molecule has 0 radical (unpaired) electrons. The van der Waals surface area contributed by atoms with E-state index in [1.54, 1.807) is 0 Å². The second-order valence-electron chi connectivity index (χ2n) is 5.51. The Balaban J connectivity index is 0.00000180. The summed E-state index contributed by atoms with van der Waals surface area (Å²) in [5.41, 5.74) is 4.29. The number of nitrogens with one attached hydrogen (secondary N) is 1. The third-order valence-corrected chi connectivity index (χ3v) is 3.78. The monoisotopic (exact) mass is 318 g/mol. The van der Waals surface area contributed by atoms with Gasteiger partial charge in [0.2, 0.25) is 0 Å². The number of nitrogens with zero attached hydrogens (tertiary/aromatic N) is 1. The molecule has 4 heteroatoms. The molecule has 1 saturated heterocycles. The van der Waals surface area contributed by atoms with Crippen molar-refractivity contribution >= 4 is 24.8 Å². The van der Waals surface area contributed by atoms with E-state index in [9.17, 15) is 0 Å². The third-order valence-electron chi connectivity index (χ3n) is 3.78. The molecule has 2 nitrogen and oxygen atoms in total. The molecule has 0 aliphatic carbocycles. The molecule has 1 aromatic carbocycles. The Morgan fingerprint density at radius 3 is 2.10 bits per heavy atom. The number of hydrogen-bond acceptors (Lipinski definition) is 2. The third kappa shape index (κ3) is 5.25. The molecule has 1 aliphatic rings. The smallest absolute Gasteiger partial charge is 0.0349 e. The molecule has 1 atom stereocenters. The van der Waals surface area contributed by atoms with Gasteiger partial charge in [-0.15, -0.1) is 24.8 Å². The van der Waals surface area contributed by atoms with Crippen molar-refractivity contribution < 1.29 is 0 Å². The lowest BCUT2D eigenvalue weighted by atomic mass is 9.96. The zero-order chi connectivity index (χ0) is 13.0. The first kappa shape index (κ1) is 19.7. The summed E-state index contributed by atoms with van der Waals surface area (Å²) in [4.78, 5) is 2.65. The maximum atomic E-state index is 3.44. The van der Waals surface area contributed by atoms with E-state index in [4.69, 9.17) is 0 Å². The van der Waals surface area contributed by atoms with E-state index in [2.05, 4.69) is 49.2 Å². The summed E-state index contributed by atoms with van der Waals surface area (Å²) < 4.78 is 0. The second-order valence-corrected chi connectivity index (χ2v) is 5.51. The van der Waals surface area contributed by atoms with Crippen LogP contribution in [0.4, 0.5) is 0 Å². The predicted octanol–water partition coefficient (Wildman–Crippen LogP) is 3.89. The fourth-order valence-electron chi connectivity index (χ4n) is 3.03. The molecule has 0 saturated carbocycles. The van der Waals surface area contributed by atoms with Gasteiger partial charge in [-0.25, -0.2) is 0 Å². The quantitative estimate of drug-likeness (QED) is 0.906. The molecule has 0 aromatic heterocycles. The minimum absolute atomic E-state index is 0. The molecule has 1 aliphatic heterocycles. The second kappa shape index (κ2) is 9.62. The summed E-state index contributed by atoms with van der Waals surface area (Å²) in [6.45, 7) is 11.3. The van der Waals surface area contributed by atoms with E-state index in [0.717, 1.165) is 13.1 Å². The highest BCUT2D eigenvalue weighted by Gasteiger charge is 2.21. The van der Waals surface area contributed by atoms with Gasteiger partial charge < -0.3 is 5.32 Å². The maximum absolute atomic E-state index is 3.44. The number of aryl methyl sites for hydroxylation is 2. The lowest BCUT2D eigenvalue weighted by molar-refractivity contribution is 0.164. The van der Waals surface area contributed by atoms with Crippen molar-refractivity contribution in [3.8, 4) is 0 Å². The van der Waals surface area contributed by atoms with Gasteiger partial charge in [-0.2, -0.15) is 0 Å². The summed E-state index contributed by atoms with van der Waals surface area (Å²) in [6, 6.07) is 7.62. The fourth-order valence-corrected chi connectivity index (χ4v) is 3.03. The number of benzene rings is 1. The summed E-state index contributed by atoms with van der Waals surface area (Å²) in [6.07, 6.45) is 2.52. The van der Waals surface area contributed by atoms with Gasteiger partial charge in [-0.05, 0) is 25.8 Å². The van der Waals surface area contributed by atoms with Crippen LogP contribution in [-0.4, -0.2) is 31.1 Å². The van der Waals surface area contributed by atoms with Gasteiger partial charge in [-0.1, -0.05) is 42.7 Å². The van der Waals surface area contributed by atoms with Crippen molar-refractivity contribution in [3.05, 3.63) is 34.9 Å². The van der Waals surface area contributed by atoms with Gasteiger partial charge >= 0.3 is 0 Å². The molecular formula is C16H28Cl2N2. The van der Waals surface area contributed by atoms with Crippen molar-refractivity contribution in [1.82, 2.24) is 10.2 Å². The number of rotatable bonds is 4. The van der Waals surface area contributed by atoms with Crippen LogP contribution in [0, 0.1) is 13.8 Å². The van der Waals surface area contributed by atoms with Crippen LogP contribution in [0.1, 0.15) is 42.5 Å². The molecule has 1 aromatic rings. The molecular weight excluding hydrogens is 291 g/mol. The number of halogens is 2. The van der Waals surface area contributed by atoms with Gasteiger partial charge in [0.15, 0.2) is 0 Å². The standard InChI is InChI=1S/C16H26N2.2ClH/c1-4-5-16(18-8-6-17-7-9-18)15-11-13(2)10-14(3)12-15;;/h10-12,16-17H,4-9H2,1-3H3;2*1H/t16-;;/m1../s1. The van der Waals surface area contributed by atoms with Gasteiger partial charge in [0.05, 0.1) is 0 Å². The average molecular weight is 319 g/mol. The van der Waals surface area contributed by atoms with Crippen molar-refractivity contribution in [2.75, 3.05) is 26.2 Å². The van der Waals surface area contributed by atoms with Crippen LogP contribution in [0.15, 0.2) is 18.2 Å². The normalized spacial score (nSPS) is 16.9. The highest BCUT2D eigenvalue weighted by Crippen LogP contribution is 2.27. The van der Waals surface area contributed by atoms with Gasteiger partial charge in [0.1, 0.15) is 0 Å². The van der Waals surface area contributed by atoms with Gasteiger partial charge in [0.25, 0.3) is 0 Å². The number of piperazine rings is 1. The zero-order valence-corrected chi connectivity index (χ0v) is 14.4. The first-order valence-corrected chi connectivity index (χ1v) is 7.23. The van der Waals surface area contributed by atoms with Crippen molar-refractivity contribution in [2.45, 2.75) is 39.7 Å². The topological polar surface area (TPSA) is 15.3 Å². The fraction of sp³-hybridized carbons (Fsp3) is 0.625. The minimum atomic E-state index is 0. The van der Waals surface area contributed by atoms with Crippen molar-refractivity contribution in [1.29, 1.82) is 0 Å². The summed E-state index contributed by atoms with van der Waals surface area (Å²) in [7, 11) is 0. The van der Waals surface area contributed by atoms with Crippen LogP contribution in [-0.2, 0) is 0 Å². The molecule has 2 rings (SSSR count). The van der Waals surface area contributed by atoms with E-state index in [0.29, 0.717) is 6.04 Å². The molecule has 1 N–H and O–H groups in total. The van der Waals surface area contributed by atoms with Crippen LogP contribution in [0.25, 0.3) is 0 Å². The van der Waals surface area contributed by atoms with E-state index < -0.39 is 0 Å². The summed E-state index contributed by atoms with van der Waals surface area (Å²) in [5, 5.41) is 3.44. The van der Waals surface area contributed by atoms with Crippen LogP contribution in [0.2, 0.25) is 0 Å². The lowest BCUT2D eigenvalue weighted by Gasteiger charge is -2.35. The Morgan fingerprint density at radius 1 is 1.05 bits per heavy atom. The van der Waals surface area contributed by atoms with Crippen molar-refractivity contribution in [2.24, 2.45) is 0 Å². The predicted molar refractivity (Wildman–Crippen MR) is 92.5 cm³/mol. The van der Waals surface area contributed by atoms with E-state index in [-0.39, 0.29) is 24.8 Å². The van der Waals surface area contributed by atoms with Crippen molar-refractivity contribution in [3.63, 3.8) is 0 Å². The molecule has 1 heterocycles. The molecule has 1 fully saturated rings. The first-order valence-electron chi connectivity index (χ1n) is 7.23. The highest BCUT2D eigenvalue weighted by atomic mass is 35.5. The number of hydrogen-bond donors (Lipinski definition) is 1. The maximum Gasteiger partial charge on any atom is 0.0349 e. The Labute approximate surface area is 136 Å². The lowest BCUT2D eigenvalue weighted by Crippen LogP contribution is -2.45. The Hall–Kier alpha value is -0.280. The zero-order valence-electron chi connectivity index (χ0n) is 12.8. The van der Waals surface area contributed by atoms with Gasteiger partial charge in [0, 0.05) is 32.2 Å². The highest BCUT2D eigenvalue weighted by molar-refractivity contribution is 5.85. The minimum Gasteiger partial charge on any atom is -0.314 e. The Kier molecular flexibility index (Phi) is 9.48. The van der Waals surface area contributed by atoms with E-state index in [1.165, 1.54) is 42.6 Å². The molecule has 0 spiro atoms. The first-order chi connectivity index (χ1) is 8.70. The van der Waals surface area contributed by atoms with Crippen LogP contribution < -0.4 is 5.32 Å². The summed E-state index contributed by atoms with van der Waals surface area (Å²) >= 11 is 0. The van der Waals surface area contributed by atoms with Gasteiger partial charge in [-0.3, -0.25) is 4.90 Å². The van der Waals surface area contributed by atoms with Crippen LogP contribution in [0.5, 0.6) is 0 Å². The van der Waals surface area contributed by atoms with Crippen LogP contribution in [0.3, 0.4) is 0 Å². The molecule has 20 heavy (non-hydrogen) atoms. The van der Waals surface area contributed by atoms with E-state index >= 15 is 0 Å². The molecule has 0 bridgehead atoms. The SMILES string of the molecule is CCC[C@H](c1cc(C)cc(C)c1)N1CCNCC1.Cl.Cl.